The fraction of sp³-hybridized carbons (Fsp3) is 0.500. The van der Waals surface area contributed by atoms with Crippen molar-refractivity contribution in [2.24, 2.45) is 5.92 Å². The summed E-state index contributed by atoms with van der Waals surface area (Å²) in [6.07, 6.45) is 3.43. The van der Waals surface area contributed by atoms with E-state index in [9.17, 15) is 18.3 Å². The van der Waals surface area contributed by atoms with Crippen LogP contribution in [0.5, 0.6) is 0 Å². The number of carbonyl (C=O) groups is 1. The maximum Gasteiger partial charge on any atom is 0.251 e. The lowest BCUT2D eigenvalue weighted by atomic mass is 10.1. The molecular formula is C14H19NO4S. The molecule has 2 unspecified atom stereocenters. The van der Waals surface area contributed by atoms with E-state index in [1.807, 2.05) is 0 Å². The number of hydrogen-bond acceptors (Lipinski definition) is 4. The molecule has 0 aromatic heterocycles. The standard InChI is InChI=1S/C14H19NO4S/c1-20(18,19)12-6-2-4-10(8-12)14(17)15-9-11-5-3-7-13(11)16/h2,4,6,8,11,13,16H,3,5,7,9H2,1H3,(H,15,17). The first-order valence-corrected chi connectivity index (χ1v) is 8.53. The molecule has 0 radical (unpaired) electrons. The number of hydrogen-bond donors (Lipinski definition) is 2. The fourth-order valence-corrected chi connectivity index (χ4v) is 3.12. The van der Waals surface area contributed by atoms with Crippen LogP contribution in [-0.2, 0) is 9.84 Å². The quantitative estimate of drug-likeness (QED) is 0.868. The van der Waals surface area contributed by atoms with Crippen LogP contribution in [0.3, 0.4) is 0 Å². The number of benzene rings is 1. The van der Waals surface area contributed by atoms with Crippen LogP contribution in [0.15, 0.2) is 29.2 Å². The average molecular weight is 297 g/mol. The molecule has 2 rings (SSSR count). The third kappa shape index (κ3) is 3.58. The smallest absolute Gasteiger partial charge is 0.251 e. The fourth-order valence-electron chi connectivity index (χ4n) is 2.45. The summed E-state index contributed by atoms with van der Waals surface area (Å²) in [6, 6.07) is 5.97. The molecule has 1 aromatic rings. The Bertz CT molecular complexity index is 597. The Morgan fingerprint density at radius 1 is 1.40 bits per heavy atom. The second-order valence-electron chi connectivity index (χ2n) is 5.27. The van der Waals surface area contributed by atoms with Crippen LogP contribution in [0.1, 0.15) is 29.6 Å². The number of rotatable bonds is 4. The van der Waals surface area contributed by atoms with Crippen molar-refractivity contribution in [3.63, 3.8) is 0 Å². The van der Waals surface area contributed by atoms with Crippen molar-refractivity contribution in [3.05, 3.63) is 29.8 Å². The molecule has 0 bridgehead atoms. The molecule has 0 saturated heterocycles. The van der Waals surface area contributed by atoms with Gasteiger partial charge < -0.3 is 10.4 Å². The Balaban J connectivity index is 2.02. The van der Waals surface area contributed by atoms with Gasteiger partial charge in [-0.05, 0) is 31.0 Å². The Kier molecular flexibility index (Phi) is 4.45. The predicted octanol–water partition coefficient (Wildman–Crippen LogP) is 0.981. The highest BCUT2D eigenvalue weighted by Gasteiger charge is 2.25. The number of sulfone groups is 1. The highest BCUT2D eigenvalue weighted by molar-refractivity contribution is 7.90. The summed E-state index contributed by atoms with van der Waals surface area (Å²) in [6.45, 7) is 0.420. The van der Waals surface area contributed by atoms with E-state index in [0.717, 1.165) is 25.5 Å². The zero-order valence-electron chi connectivity index (χ0n) is 11.4. The highest BCUT2D eigenvalue weighted by atomic mass is 32.2. The number of carbonyl (C=O) groups excluding carboxylic acids is 1. The zero-order chi connectivity index (χ0) is 14.8. The first kappa shape index (κ1) is 15.0. The average Bonchev–Trinajstić information content (AvgIpc) is 2.81. The van der Waals surface area contributed by atoms with Crippen LogP contribution in [0, 0.1) is 5.92 Å². The first-order chi connectivity index (χ1) is 9.38. The van der Waals surface area contributed by atoms with Gasteiger partial charge in [0.25, 0.3) is 5.91 Å². The topological polar surface area (TPSA) is 83.5 Å². The SMILES string of the molecule is CS(=O)(=O)c1cccc(C(=O)NCC2CCCC2O)c1. The van der Waals surface area contributed by atoms with Gasteiger partial charge in [0.05, 0.1) is 11.0 Å². The van der Waals surface area contributed by atoms with Crippen LogP contribution < -0.4 is 5.32 Å². The third-order valence-corrected chi connectivity index (χ3v) is 4.78. The summed E-state index contributed by atoms with van der Waals surface area (Å²) in [5.41, 5.74) is 0.320. The van der Waals surface area contributed by atoms with E-state index in [-0.39, 0.29) is 22.8 Å². The molecule has 1 aromatic carbocycles. The maximum atomic E-state index is 12.0. The van der Waals surface area contributed by atoms with E-state index in [4.69, 9.17) is 0 Å². The molecule has 0 spiro atoms. The van der Waals surface area contributed by atoms with Crippen LogP contribution in [0.2, 0.25) is 0 Å². The Morgan fingerprint density at radius 3 is 2.75 bits per heavy atom. The van der Waals surface area contributed by atoms with Gasteiger partial charge in [-0.2, -0.15) is 0 Å². The molecule has 1 saturated carbocycles. The molecule has 2 N–H and O–H groups in total. The van der Waals surface area contributed by atoms with E-state index in [1.54, 1.807) is 12.1 Å². The lowest BCUT2D eigenvalue weighted by molar-refractivity contribution is 0.0916. The first-order valence-electron chi connectivity index (χ1n) is 6.64. The van der Waals surface area contributed by atoms with Crippen LogP contribution in [-0.4, -0.2) is 38.3 Å². The summed E-state index contributed by atoms with van der Waals surface area (Å²) in [5.74, 6) is -0.216. The summed E-state index contributed by atoms with van der Waals surface area (Å²) >= 11 is 0. The summed E-state index contributed by atoms with van der Waals surface area (Å²) < 4.78 is 22.9. The van der Waals surface area contributed by atoms with E-state index in [1.165, 1.54) is 12.1 Å². The molecule has 1 aliphatic carbocycles. The van der Waals surface area contributed by atoms with Gasteiger partial charge in [-0.3, -0.25) is 4.79 Å². The van der Waals surface area contributed by atoms with Crippen molar-refractivity contribution in [1.29, 1.82) is 0 Å². The molecule has 6 heteroatoms. The van der Waals surface area contributed by atoms with E-state index < -0.39 is 9.84 Å². The molecule has 1 aliphatic rings. The van der Waals surface area contributed by atoms with Gasteiger partial charge in [-0.25, -0.2) is 8.42 Å². The van der Waals surface area contributed by atoms with Gasteiger partial charge in [0.15, 0.2) is 9.84 Å². The van der Waals surface area contributed by atoms with Crippen LogP contribution in [0.4, 0.5) is 0 Å². The van der Waals surface area contributed by atoms with Crippen molar-refractivity contribution in [3.8, 4) is 0 Å². The number of aliphatic hydroxyl groups is 1. The normalized spacial score (nSPS) is 22.7. The predicted molar refractivity (Wildman–Crippen MR) is 75.2 cm³/mol. The lowest BCUT2D eigenvalue weighted by Gasteiger charge is -2.15. The van der Waals surface area contributed by atoms with Crippen LogP contribution >= 0.6 is 0 Å². The molecule has 20 heavy (non-hydrogen) atoms. The number of nitrogens with one attached hydrogen (secondary N) is 1. The Hall–Kier alpha value is -1.40. The van der Waals surface area contributed by atoms with Gasteiger partial charge in [-0.15, -0.1) is 0 Å². The minimum absolute atomic E-state index is 0.0945. The lowest BCUT2D eigenvalue weighted by Crippen LogP contribution is -2.32. The van der Waals surface area contributed by atoms with E-state index >= 15 is 0 Å². The van der Waals surface area contributed by atoms with Gasteiger partial charge in [0, 0.05) is 24.3 Å². The largest absolute Gasteiger partial charge is 0.393 e. The van der Waals surface area contributed by atoms with Crippen molar-refractivity contribution >= 4 is 15.7 Å². The van der Waals surface area contributed by atoms with Gasteiger partial charge >= 0.3 is 0 Å². The molecule has 110 valence electrons. The summed E-state index contributed by atoms with van der Waals surface area (Å²) in [5, 5.41) is 12.4. The summed E-state index contributed by atoms with van der Waals surface area (Å²) in [7, 11) is -3.32. The number of aliphatic hydroxyl groups excluding tert-OH is 1. The van der Waals surface area contributed by atoms with E-state index in [2.05, 4.69) is 5.32 Å². The monoisotopic (exact) mass is 297 g/mol. The number of amides is 1. The van der Waals surface area contributed by atoms with Gasteiger partial charge in [-0.1, -0.05) is 12.5 Å². The summed E-state index contributed by atoms with van der Waals surface area (Å²) in [4.78, 5) is 12.1. The minimum Gasteiger partial charge on any atom is -0.393 e. The second kappa shape index (κ2) is 5.93. The second-order valence-corrected chi connectivity index (χ2v) is 7.28. The molecular weight excluding hydrogens is 278 g/mol. The molecule has 0 heterocycles. The van der Waals surface area contributed by atoms with Crippen molar-refractivity contribution < 1.29 is 18.3 Å². The molecule has 1 fully saturated rings. The van der Waals surface area contributed by atoms with E-state index in [0.29, 0.717) is 12.1 Å². The Morgan fingerprint density at radius 2 is 2.15 bits per heavy atom. The zero-order valence-corrected chi connectivity index (χ0v) is 12.2. The molecule has 0 aliphatic heterocycles. The van der Waals surface area contributed by atoms with Crippen molar-refractivity contribution in [2.75, 3.05) is 12.8 Å². The maximum absolute atomic E-state index is 12.0. The minimum atomic E-state index is -3.32. The highest BCUT2D eigenvalue weighted by Crippen LogP contribution is 2.24. The Labute approximate surface area is 118 Å². The van der Waals surface area contributed by atoms with Crippen molar-refractivity contribution in [2.45, 2.75) is 30.3 Å². The molecule has 5 nitrogen and oxygen atoms in total. The van der Waals surface area contributed by atoms with Gasteiger partial charge in [0.2, 0.25) is 0 Å². The van der Waals surface area contributed by atoms with Gasteiger partial charge in [0.1, 0.15) is 0 Å². The van der Waals surface area contributed by atoms with Crippen molar-refractivity contribution in [1.82, 2.24) is 5.32 Å². The third-order valence-electron chi connectivity index (χ3n) is 3.67. The molecule has 1 amide bonds. The van der Waals surface area contributed by atoms with Crippen LogP contribution in [0.25, 0.3) is 0 Å². The molecule has 2 atom stereocenters.